The summed E-state index contributed by atoms with van der Waals surface area (Å²) in [6, 6.07) is 4.85. The number of hydrogen-bond acceptors (Lipinski definition) is 3. The highest BCUT2D eigenvalue weighted by Crippen LogP contribution is 2.32. The highest BCUT2D eigenvalue weighted by atomic mass is 19.1. The van der Waals surface area contributed by atoms with Crippen LogP contribution >= 0.6 is 0 Å². The van der Waals surface area contributed by atoms with Gasteiger partial charge in [0.05, 0.1) is 24.4 Å². The summed E-state index contributed by atoms with van der Waals surface area (Å²) in [6.45, 7) is 5.87. The number of aryl methyl sites for hydroxylation is 1. The Hall–Kier alpha value is -1.13. The number of ether oxygens (including phenoxy) is 1. The molecule has 19 heavy (non-hydrogen) atoms. The van der Waals surface area contributed by atoms with Crippen molar-refractivity contribution in [2.75, 3.05) is 11.9 Å². The number of hydrogen-bond donors (Lipinski definition) is 2. The first kappa shape index (κ1) is 14.3. The third kappa shape index (κ3) is 3.45. The average molecular weight is 267 g/mol. The van der Waals surface area contributed by atoms with Crippen molar-refractivity contribution in [2.45, 2.75) is 51.4 Å². The van der Waals surface area contributed by atoms with Crippen LogP contribution in [0.25, 0.3) is 0 Å². The van der Waals surface area contributed by atoms with Crippen LogP contribution < -0.4 is 5.32 Å². The minimum Gasteiger partial charge on any atom is -0.394 e. The molecule has 1 aromatic carbocycles. The molecule has 0 aliphatic carbocycles. The van der Waals surface area contributed by atoms with Gasteiger partial charge in [0.15, 0.2) is 0 Å². The van der Waals surface area contributed by atoms with Crippen LogP contribution in [0.4, 0.5) is 10.1 Å². The minimum atomic E-state index is -0.433. The molecule has 0 aromatic heterocycles. The molecule has 1 heterocycles. The second-order valence-electron chi connectivity index (χ2n) is 5.75. The predicted molar refractivity (Wildman–Crippen MR) is 73.8 cm³/mol. The smallest absolute Gasteiger partial charge is 0.125 e. The van der Waals surface area contributed by atoms with Gasteiger partial charge in [-0.15, -0.1) is 0 Å². The number of nitrogens with one attached hydrogen (secondary N) is 1. The third-order valence-electron chi connectivity index (χ3n) is 3.58. The second kappa shape index (κ2) is 5.47. The molecule has 3 nitrogen and oxygen atoms in total. The van der Waals surface area contributed by atoms with E-state index >= 15 is 0 Å². The number of aliphatic hydroxyl groups is 1. The van der Waals surface area contributed by atoms with Crippen molar-refractivity contribution < 1.29 is 14.2 Å². The van der Waals surface area contributed by atoms with Crippen LogP contribution in [0.3, 0.4) is 0 Å². The fraction of sp³-hybridized carbons (Fsp3) is 0.600. The Balaban J connectivity index is 2.22. The number of aliphatic hydroxyl groups excluding tert-OH is 1. The first-order chi connectivity index (χ1) is 8.92. The number of rotatable bonds is 3. The Morgan fingerprint density at radius 1 is 1.32 bits per heavy atom. The van der Waals surface area contributed by atoms with Gasteiger partial charge in [-0.1, -0.05) is 0 Å². The lowest BCUT2D eigenvalue weighted by atomic mass is 9.84. The largest absolute Gasteiger partial charge is 0.394 e. The van der Waals surface area contributed by atoms with Gasteiger partial charge in [-0.3, -0.25) is 0 Å². The quantitative estimate of drug-likeness (QED) is 0.885. The fourth-order valence-electron chi connectivity index (χ4n) is 3.06. The summed E-state index contributed by atoms with van der Waals surface area (Å²) in [7, 11) is 0. The molecule has 0 amide bonds. The summed E-state index contributed by atoms with van der Waals surface area (Å²) in [6.07, 6.45) is 1.59. The molecule has 106 valence electrons. The van der Waals surface area contributed by atoms with Gasteiger partial charge in [-0.25, -0.2) is 4.39 Å². The monoisotopic (exact) mass is 267 g/mol. The van der Waals surface area contributed by atoms with Gasteiger partial charge in [-0.2, -0.15) is 0 Å². The van der Waals surface area contributed by atoms with E-state index in [1.807, 2.05) is 26.8 Å². The molecule has 1 aliphatic heterocycles. The van der Waals surface area contributed by atoms with Crippen LogP contribution in [0, 0.1) is 12.7 Å². The molecule has 2 atom stereocenters. The molecule has 1 saturated heterocycles. The van der Waals surface area contributed by atoms with E-state index in [4.69, 9.17) is 4.74 Å². The van der Waals surface area contributed by atoms with E-state index in [9.17, 15) is 9.50 Å². The summed E-state index contributed by atoms with van der Waals surface area (Å²) < 4.78 is 19.1. The molecule has 0 bridgehead atoms. The zero-order valence-corrected chi connectivity index (χ0v) is 11.7. The van der Waals surface area contributed by atoms with Gasteiger partial charge in [-0.05, 0) is 57.4 Å². The molecular weight excluding hydrogens is 245 g/mol. The van der Waals surface area contributed by atoms with Crippen molar-refractivity contribution >= 4 is 5.69 Å². The van der Waals surface area contributed by atoms with Crippen molar-refractivity contribution in [3.63, 3.8) is 0 Å². The molecule has 2 rings (SSSR count). The Labute approximate surface area is 113 Å². The lowest BCUT2D eigenvalue weighted by Gasteiger charge is -2.43. The SMILES string of the molecule is Cc1cc(F)cc(NC2(CO)CC(C)OC(C)C2)c1. The molecule has 0 radical (unpaired) electrons. The fourth-order valence-corrected chi connectivity index (χ4v) is 3.06. The summed E-state index contributed by atoms with van der Waals surface area (Å²) in [4.78, 5) is 0. The maximum atomic E-state index is 13.4. The summed E-state index contributed by atoms with van der Waals surface area (Å²) in [5, 5.41) is 13.1. The van der Waals surface area contributed by atoms with E-state index in [-0.39, 0.29) is 24.6 Å². The van der Waals surface area contributed by atoms with Gasteiger partial charge in [0.1, 0.15) is 5.82 Å². The standard InChI is InChI=1S/C15H22FNO2/c1-10-4-13(16)6-14(5-10)17-15(9-18)7-11(2)19-12(3)8-15/h4-6,11-12,17-18H,7-9H2,1-3H3. The average Bonchev–Trinajstić information content (AvgIpc) is 2.25. The predicted octanol–water partition coefficient (Wildman–Crippen LogP) is 2.86. The van der Waals surface area contributed by atoms with Crippen LogP contribution in [0.5, 0.6) is 0 Å². The molecule has 4 heteroatoms. The number of benzene rings is 1. The first-order valence-electron chi connectivity index (χ1n) is 6.74. The van der Waals surface area contributed by atoms with E-state index in [0.717, 1.165) is 5.56 Å². The second-order valence-corrected chi connectivity index (χ2v) is 5.75. The van der Waals surface area contributed by atoms with Crippen molar-refractivity contribution in [3.05, 3.63) is 29.6 Å². The third-order valence-corrected chi connectivity index (χ3v) is 3.58. The van der Waals surface area contributed by atoms with E-state index in [0.29, 0.717) is 18.5 Å². The zero-order chi connectivity index (χ0) is 14.0. The van der Waals surface area contributed by atoms with Crippen molar-refractivity contribution in [3.8, 4) is 0 Å². The summed E-state index contributed by atoms with van der Waals surface area (Å²) in [5.41, 5.74) is 1.15. The van der Waals surface area contributed by atoms with Crippen molar-refractivity contribution in [1.82, 2.24) is 0 Å². The Morgan fingerprint density at radius 2 is 1.95 bits per heavy atom. The normalized spacial score (nSPS) is 31.2. The lowest BCUT2D eigenvalue weighted by Crippen LogP contribution is -2.51. The van der Waals surface area contributed by atoms with E-state index in [2.05, 4.69) is 5.32 Å². The highest BCUT2D eigenvalue weighted by Gasteiger charge is 2.38. The van der Waals surface area contributed by atoms with Gasteiger partial charge < -0.3 is 15.2 Å². The molecule has 1 fully saturated rings. The van der Waals surface area contributed by atoms with Crippen molar-refractivity contribution in [1.29, 1.82) is 0 Å². The molecule has 0 spiro atoms. The van der Waals surface area contributed by atoms with Gasteiger partial charge in [0, 0.05) is 5.69 Å². The van der Waals surface area contributed by atoms with Crippen molar-refractivity contribution in [2.24, 2.45) is 0 Å². The molecule has 0 saturated carbocycles. The first-order valence-corrected chi connectivity index (χ1v) is 6.74. The zero-order valence-electron chi connectivity index (χ0n) is 11.7. The maximum Gasteiger partial charge on any atom is 0.125 e. The topological polar surface area (TPSA) is 41.5 Å². The van der Waals surface area contributed by atoms with Crippen LogP contribution in [0.2, 0.25) is 0 Å². The summed E-state index contributed by atoms with van der Waals surface area (Å²) >= 11 is 0. The van der Waals surface area contributed by atoms with Gasteiger partial charge in [0.25, 0.3) is 0 Å². The number of halogens is 1. The van der Waals surface area contributed by atoms with Crippen LogP contribution in [-0.4, -0.2) is 29.5 Å². The highest BCUT2D eigenvalue weighted by molar-refractivity contribution is 5.48. The molecule has 1 aromatic rings. The van der Waals surface area contributed by atoms with Crippen LogP contribution in [0.1, 0.15) is 32.3 Å². The van der Waals surface area contributed by atoms with Gasteiger partial charge >= 0.3 is 0 Å². The molecular formula is C15H22FNO2. The maximum absolute atomic E-state index is 13.4. The molecule has 1 aliphatic rings. The minimum absolute atomic E-state index is 0.0145. The van der Waals surface area contributed by atoms with Gasteiger partial charge in [0.2, 0.25) is 0 Å². The molecule has 2 unspecified atom stereocenters. The van der Waals surface area contributed by atoms with Crippen LogP contribution in [-0.2, 0) is 4.74 Å². The Morgan fingerprint density at radius 3 is 2.47 bits per heavy atom. The van der Waals surface area contributed by atoms with Crippen LogP contribution in [0.15, 0.2) is 18.2 Å². The molecule has 2 N–H and O–H groups in total. The van der Waals surface area contributed by atoms with E-state index in [1.165, 1.54) is 12.1 Å². The van der Waals surface area contributed by atoms with E-state index in [1.54, 1.807) is 0 Å². The van der Waals surface area contributed by atoms with E-state index < -0.39 is 5.54 Å². The lowest BCUT2D eigenvalue weighted by molar-refractivity contribution is -0.0653. The summed E-state index contributed by atoms with van der Waals surface area (Å²) in [5.74, 6) is -0.260. The number of anilines is 1. The Bertz CT molecular complexity index is 420. The Kier molecular flexibility index (Phi) is 4.11.